The van der Waals surface area contributed by atoms with Gasteiger partial charge >= 0.3 is 6.09 Å². The molecule has 0 spiro atoms. The van der Waals surface area contributed by atoms with E-state index in [4.69, 9.17) is 0 Å². The van der Waals surface area contributed by atoms with Crippen LogP contribution in [0.15, 0.2) is 21.7 Å². The number of hydrogen-bond donors (Lipinski definition) is 0. The lowest BCUT2D eigenvalue weighted by Gasteiger charge is -2.20. The molecule has 1 saturated heterocycles. The van der Waals surface area contributed by atoms with Crippen LogP contribution in [0.4, 0.5) is 4.79 Å². The van der Waals surface area contributed by atoms with Gasteiger partial charge in [0.1, 0.15) is 4.21 Å². The van der Waals surface area contributed by atoms with Gasteiger partial charge in [0.05, 0.1) is 7.11 Å². The molecular weight excluding hydrogens is 288 g/mol. The average Bonchev–Trinajstić information content (AvgIpc) is 2.83. The van der Waals surface area contributed by atoms with E-state index in [1.165, 1.54) is 27.7 Å². The summed E-state index contributed by atoms with van der Waals surface area (Å²) >= 11 is 1.21. The zero-order chi connectivity index (χ0) is 13.9. The van der Waals surface area contributed by atoms with Crippen molar-refractivity contribution >= 4 is 27.5 Å². The Bertz CT molecular complexity index is 527. The maximum atomic E-state index is 12.3. The second-order valence-corrected chi connectivity index (χ2v) is 7.26. The number of methoxy groups -OCH3 is 1. The number of amides is 1. The molecule has 2 heterocycles. The van der Waals surface area contributed by atoms with Crippen molar-refractivity contribution in [2.45, 2.75) is 10.6 Å². The minimum atomic E-state index is -3.42. The zero-order valence-electron chi connectivity index (χ0n) is 10.6. The fraction of sp³-hybridized carbons (Fsp3) is 0.545. The molecule has 1 amide bonds. The summed E-state index contributed by atoms with van der Waals surface area (Å²) in [5, 5.41) is 1.74. The highest BCUT2D eigenvalue weighted by Gasteiger charge is 2.28. The highest BCUT2D eigenvalue weighted by Crippen LogP contribution is 2.22. The number of hydrogen-bond acceptors (Lipinski definition) is 5. The van der Waals surface area contributed by atoms with E-state index in [0.717, 1.165) is 0 Å². The van der Waals surface area contributed by atoms with Crippen molar-refractivity contribution in [3.8, 4) is 0 Å². The lowest BCUT2D eigenvalue weighted by atomic mass is 10.4. The predicted molar refractivity (Wildman–Crippen MR) is 71.7 cm³/mol. The summed E-state index contributed by atoms with van der Waals surface area (Å²) in [4.78, 5) is 13.0. The van der Waals surface area contributed by atoms with Crippen LogP contribution < -0.4 is 0 Å². The number of sulfonamides is 1. The SMILES string of the molecule is COC(=O)N1CCCN(S(=O)(=O)c2cccs2)CC1. The Hall–Kier alpha value is -1.12. The topological polar surface area (TPSA) is 66.9 Å². The molecule has 1 aliphatic rings. The van der Waals surface area contributed by atoms with Crippen LogP contribution >= 0.6 is 11.3 Å². The highest BCUT2D eigenvalue weighted by atomic mass is 32.2. The van der Waals surface area contributed by atoms with E-state index in [1.807, 2.05) is 0 Å². The standard InChI is InChI=1S/C11H16N2O4S2/c1-17-11(14)12-5-3-6-13(8-7-12)19(15,16)10-4-2-9-18-10/h2,4,9H,3,5-8H2,1H3. The van der Waals surface area contributed by atoms with Crippen molar-refractivity contribution < 1.29 is 17.9 Å². The Labute approximate surface area is 116 Å². The molecule has 1 aliphatic heterocycles. The van der Waals surface area contributed by atoms with E-state index < -0.39 is 16.1 Å². The number of carbonyl (C=O) groups is 1. The third-order valence-corrected chi connectivity index (χ3v) is 6.25. The molecule has 8 heteroatoms. The molecule has 0 radical (unpaired) electrons. The predicted octanol–water partition coefficient (Wildman–Crippen LogP) is 1.21. The van der Waals surface area contributed by atoms with Crippen molar-refractivity contribution in [2.75, 3.05) is 33.3 Å². The van der Waals surface area contributed by atoms with Crippen molar-refractivity contribution in [1.82, 2.24) is 9.21 Å². The van der Waals surface area contributed by atoms with Gasteiger partial charge in [-0.2, -0.15) is 4.31 Å². The molecule has 0 unspecified atom stereocenters. The monoisotopic (exact) mass is 304 g/mol. The van der Waals surface area contributed by atoms with Crippen molar-refractivity contribution in [3.05, 3.63) is 17.5 Å². The van der Waals surface area contributed by atoms with E-state index in [9.17, 15) is 13.2 Å². The largest absolute Gasteiger partial charge is 0.453 e. The van der Waals surface area contributed by atoms with Gasteiger partial charge in [-0.05, 0) is 17.9 Å². The number of thiophene rings is 1. The minimum Gasteiger partial charge on any atom is -0.453 e. The smallest absolute Gasteiger partial charge is 0.409 e. The van der Waals surface area contributed by atoms with Crippen molar-refractivity contribution in [1.29, 1.82) is 0 Å². The van der Waals surface area contributed by atoms with Crippen molar-refractivity contribution in [3.63, 3.8) is 0 Å². The van der Waals surface area contributed by atoms with E-state index in [0.29, 0.717) is 36.8 Å². The average molecular weight is 304 g/mol. The Balaban J connectivity index is 2.10. The Morgan fingerprint density at radius 1 is 1.32 bits per heavy atom. The maximum Gasteiger partial charge on any atom is 0.409 e. The fourth-order valence-corrected chi connectivity index (χ4v) is 4.60. The molecule has 1 fully saturated rings. The molecule has 19 heavy (non-hydrogen) atoms. The lowest BCUT2D eigenvalue weighted by Crippen LogP contribution is -2.37. The first-order valence-electron chi connectivity index (χ1n) is 5.92. The summed E-state index contributed by atoms with van der Waals surface area (Å²) in [6.45, 7) is 1.60. The Kier molecular flexibility index (Phi) is 4.43. The number of ether oxygens (including phenoxy) is 1. The first kappa shape index (κ1) is 14.3. The summed E-state index contributed by atoms with van der Waals surface area (Å²) in [6, 6.07) is 3.32. The molecule has 1 aromatic heterocycles. The molecule has 0 saturated carbocycles. The molecule has 0 atom stereocenters. The molecular formula is C11H16N2O4S2. The van der Waals surface area contributed by atoms with Gasteiger partial charge in [-0.25, -0.2) is 13.2 Å². The van der Waals surface area contributed by atoms with Crippen molar-refractivity contribution in [2.24, 2.45) is 0 Å². The first-order chi connectivity index (χ1) is 9.05. The summed E-state index contributed by atoms with van der Waals surface area (Å²) in [5.74, 6) is 0. The van der Waals surface area contributed by atoms with Crippen LogP contribution in [0.5, 0.6) is 0 Å². The van der Waals surface area contributed by atoms with Gasteiger partial charge in [-0.15, -0.1) is 11.3 Å². The summed E-state index contributed by atoms with van der Waals surface area (Å²) in [5.41, 5.74) is 0. The van der Waals surface area contributed by atoms with Crippen LogP contribution in [-0.2, 0) is 14.8 Å². The number of carbonyl (C=O) groups excluding carboxylic acids is 1. The van der Waals surface area contributed by atoms with Gasteiger partial charge in [0, 0.05) is 26.2 Å². The molecule has 0 N–H and O–H groups in total. The second-order valence-electron chi connectivity index (χ2n) is 4.15. The highest BCUT2D eigenvalue weighted by molar-refractivity contribution is 7.91. The second kappa shape index (κ2) is 5.89. The van der Waals surface area contributed by atoms with Crippen LogP contribution in [0, 0.1) is 0 Å². The van der Waals surface area contributed by atoms with E-state index in [2.05, 4.69) is 4.74 Å². The van der Waals surface area contributed by atoms with Crippen LogP contribution in [-0.4, -0.2) is 57.0 Å². The van der Waals surface area contributed by atoms with E-state index in [1.54, 1.807) is 17.5 Å². The van der Waals surface area contributed by atoms with Gasteiger partial charge in [-0.1, -0.05) is 6.07 Å². The Morgan fingerprint density at radius 2 is 2.11 bits per heavy atom. The van der Waals surface area contributed by atoms with Gasteiger partial charge in [0.15, 0.2) is 0 Å². The normalized spacial score (nSPS) is 18.1. The quantitative estimate of drug-likeness (QED) is 0.823. The third-order valence-electron chi connectivity index (χ3n) is 2.98. The summed E-state index contributed by atoms with van der Waals surface area (Å²) < 4.78 is 31.1. The van der Waals surface area contributed by atoms with E-state index >= 15 is 0 Å². The Morgan fingerprint density at radius 3 is 2.74 bits per heavy atom. The van der Waals surface area contributed by atoms with Crippen LogP contribution in [0.1, 0.15) is 6.42 Å². The van der Waals surface area contributed by atoms with Gasteiger partial charge in [-0.3, -0.25) is 0 Å². The van der Waals surface area contributed by atoms with Gasteiger partial charge in [0.2, 0.25) is 0 Å². The molecule has 0 aromatic carbocycles. The number of nitrogens with zero attached hydrogens (tertiary/aromatic N) is 2. The third kappa shape index (κ3) is 3.07. The van der Waals surface area contributed by atoms with Crippen LogP contribution in [0.25, 0.3) is 0 Å². The zero-order valence-corrected chi connectivity index (χ0v) is 12.2. The van der Waals surface area contributed by atoms with Crippen LogP contribution in [0.3, 0.4) is 0 Å². The summed E-state index contributed by atoms with van der Waals surface area (Å²) in [6.07, 6.45) is 0.204. The maximum absolute atomic E-state index is 12.3. The minimum absolute atomic E-state index is 0.301. The molecule has 0 bridgehead atoms. The molecule has 1 aromatic rings. The van der Waals surface area contributed by atoms with Crippen LogP contribution in [0.2, 0.25) is 0 Å². The van der Waals surface area contributed by atoms with Gasteiger partial charge in [0.25, 0.3) is 10.0 Å². The fourth-order valence-electron chi connectivity index (χ4n) is 1.98. The lowest BCUT2D eigenvalue weighted by molar-refractivity contribution is 0.126. The molecule has 6 nitrogen and oxygen atoms in total. The summed E-state index contributed by atoms with van der Waals surface area (Å²) in [7, 11) is -2.10. The van der Waals surface area contributed by atoms with Gasteiger partial charge < -0.3 is 9.64 Å². The number of rotatable bonds is 2. The molecule has 2 rings (SSSR count). The van der Waals surface area contributed by atoms with E-state index in [-0.39, 0.29) is 0 Å². The molecule has 106 valence electrons. The first-order valence-corrected chi connectivity index (χ1v) is 8.24. The molecule has 0 aliphatic carbocycles.